The lowest BCUT2D eigenvalue weighted by atomic mass is 10.1. The van der Waals surface area contributed by atoms with Crippen molar-refractivity contribution in [2.45, 2.75) is 19.8 Å². The maximum Gasteiger partial charge on any atom is 0.338 e. The van der Waals surface area contributed by atoms with Gasteiger partial charge in [-0.3, -0.25) is 0 Å². The summed E-state index contributed by atoms with van der Waals surface area (Å²) in [6, 6.07) is 14.8. The molecular formula is C22H24O4. The highest BCUT2D eigenvalue weighted by molar-refractivity contribution is 5.89. The van der Waals surface area contributed by atoms with Crippen molar-refractivity contribution in [2.24, 2.45) is 0 Å². The van der Waals surface area contributed by atoms with Crippen molar-refractivity contribution < 1.29 is 19.0 Å². The van der Waals surface area contributed by atoms with Crippen LogP contribution in [0.15, 0.2) is 48.5 Å². The molecule has 0 radical (unpaired) electrons. The number of methoxy groups -OCH3 is 1. The van der Waals surface area contributed by atoms with Crippen LogP contribution in [-0.2, 0) is 9.47 Å². The SMILES string of the molecule is CCCCOc1ccc(C#Cc2ccc(C(=O)OCCOC)cc2)cc1. The lowest BCUT2D eigenvalue weighted by molar-refractivity contribution is 0.0388. The van der Waals surface area contributed by atoms with Crippen LogP contribution < -0.4 is 4.74 Å². The summed E-state index contributed by atoms with van der Waals surface area (Å²) in [5, 5.41) is 0. The molecule has 136 valence electrons. The first-order valence-electron chi connectivity index (χ1n) is 8.74. The molecule has 0 aliphatic carbocycles. The summed E-state index contributed by atoms with van der Waals surface area (Å²) in [7, 11) is 1.56. The van der Waals surface area contributed by atoms with Crippen LogP contribution in [0.1, 0.15) is 41.3 Å². The van der Waals surface area contributed by atoms with Crippen LogP contribution in [0.3, 0.4) is 0 Å². The van der Waals surface area contributed by atoms with Crippen molar-refractivity contribution in [3.8, 4) is 17.6 Å². The van der Waals surface area contributed by atoms with Gasteiger partial charge in [0.25, 0.3) is 0 Å². The van der Waals surface area contributed by atoms with Crippen molar-refractivity contribution >= 4 is 5.97 Å². The molecule has 0 aliphatic heterocycles. The van der Waals surface area contributed by atoms with Gasteiger partial charge in [-0.2, -0.15) is 0 Å². The molecule has 0 aromatic heterocycles. The van der Waals surface area contributed by atoms with Crippen molar-refractivity contribution in [2.75, 3.05) is 26.9 Å². The zero-order chi connectivity index (χ0) is 18.6. The Bertz CT molecular complexity index is 736. The molecule has 0 saturated carbocycles. The highest BCUT2D eigenvalue weighted by atomic mass is 16.6. The number of ether oxygens (including phenoxy) is 3. The number of hydrogen-bond donors (Lipinski definition) is 0. The average Bonchev–Trinajstić information content (AvgIpc) is 2.68. The van der Waals surface area contributed by atoms with Gasteiger partial charge in [-0.25, -0.2) is 4.79 Å². The summed E-state index contributed by atoms with van der Waals surface area (Å²) in [4.78, 5) is 11.8. The molecule has 0 bridgehead atoms. The van der Waals surface area contributed by atoms with Gasteiger partial charge in [0.1, 0.15) is 12.4 Å². The Balaban J connectivity index is 1.92. The molecule has 0 atom stereocenters. The van der Waals surface area contributed by atoms with Gasteiger partial charge < -0.3 is 14.2 Å². The first kappa shape index (κ1) is 19.6. The molecule has 0 amide bonds. The molecule has 0 aliphatic rings. The summed E-state index contributed by atoms with van der Waals surface area (Å²) >= 11 is 0. The third kappa shape index (κ3) is 6.62. The van der Waals surface area contributed by atoms with Crippen molar-refractivity contribution in [3.05, 3.63) is 65.2 Å². The van der Waals surface area contributed by atoms with Crippen molar-refractivity contribution in [3.63, 3.8) is 0 Å². The Morgan fingerprint density at radius 2 is 1.50 bits per heavy atom. The van der Waals surface area contributed by atoms with E-state index >= 15 is 0 Å². The second-order valence-electron chi connectivity index (χ2n) is 5.68. The van der Waals surface area contributed by atoms with Crippen LogP contribution >= 0.6 is 0 Å². The number of carbonyl (C=O) groups excluding carboxylic acids is 1. The zero-order valence-electron chi connectivity index (χ0n) is 15.3. The second-order valence-corrected chi connectivity index (χ2v) is 5.68. The Morgan fingerprint density at radius 3 is 2.08 bits per heavy atom. The Hall–Kier alpha value is -2.77. The van der Waals surface area contributed by atoms with E-state index in [4.69, 9.17) is 14.2 Å². The number of carbonyl (C=O) groups is 1. The number of benzene rings is 2. The van der Waals surface area contributed by atoms with Gasteiger partial charge in [-0.1, -0.05) is 25.2 Å². The van der Waals surface area contributed by atoms with Crippen LogP contribution in [0.25, 0.3) is 0 Å². The monoisotopic (exact) mass is 352 g/mol. The van der Waals surface area contributed by atoms with Crippen LogP contribution in [0.2, 0.25) is 0 Å². The zero-order valence-corrected chi connectivity index (χ0v) is 15.3. The van der Waals surface area contributed by atoms with Crippen LogP contribution in [0.5, 0.6) is 5.75 Å². The number of esters is 1. The third-order valence-electron chi connectivity index (χ3n) is 3.61. The molecule has 0 spiro atoms. The van der Waals surface area contributed by atoms with E-state index in [1.165, 1.54) is 0 Å². The Morgan fingerprint density at radius 1 is 0.885 bits per heavy atom. The quantitative estimate of drug-likeness (QED) is 0.408. The summed E-state index contributed by atoms with van der Waals surface area (Å²) in [5.74, 6) is 6.70. The van der Waals surface area contributed by atoms with Gasteiger partial charge in [0.15, 0.2) is 0 Å². The first-order valence-corrected chi connectivity index (χ1v) is 8.74. The predicted molar refractivity (Wildman–Crippen MR) is 101 cm³/mol. The van der Waals surface area contributed by atoms with E-state index < -0.39 is 0 Å². The molecule has 0 N–H and O–H groups in total. The molecule has 0 fully saturated rings. The van der Waals surface area contributed by atoms with Gasteiger partial charge in [-0.15, -0.1) is 0 Å². The minimum atomic E-state index is -0.361. The minimum Gasteiger partial charge on any atom is -0.494 e. The summed E-state index contributed by atoms with van der Waals surface area (Å²) in [6.45, 7) is 3.51. The summed E-state index contributed by atoms with van der Waals surface area (Å²) in [6.07, 6.45) is 2.17. The number of rotatable bonds is 8. The fourth-order valence-corrected chi connectivity index (χ4v) is 2.10. The van der Waals surface area contributed by atoms with E-state index in [-0.39, 0.29) is 12.6 Å². The largest absolute Gasteiger partial charge is 0.494 e. The van der Waals surface area contributed by atoms with E-state index in [0.717, 1.165) is 36.3 Å². The lowest BCUT2D eigenvalue weighted by Gasteiger charge is -2.04. The molecule has 4 heteroatoms. The highest BCUT2D eigenvalue weighted by Gasteiger charge is 2.05. The number of hydrogen-bond acceptors (Lipinski definition) is 4. The summed E-state index contributed by atoms with van der Waals surface area (Å²) in [5.41, 5.74) is 2.25. The first-order chi connectivity index (χ1) is 12.7. The topological polar surface area (TPSA) is 44.8 Å². The highest BCUT2D eigenvalue weighted by Crippen LogP contribution is 2.12. The van der Waals surface area contributed by atoms with Crippen molar-refractivity contribution in [1.82, 2.24) is 0 Å². The molecule has 4 nitrogen and oxygen atoms in total. The van der Waals surface area contributed by atoms with E-state index in [0.29, 0.717) is 12.2 Å². The van der Waals surface area contributed by atoms with Crippen LogP contribution in [0.4, 0.5) is 0 Å². The second kappa shape index (κ2) is 11.0. The van der Waals surface area contributed by atoms with E-state index in [9.17, 15) is 4.79 Å². The van der Waals surface area contributed by atoms with Crippen molar-refractivity contribution in [1.29, 1.82) is 0 Å². The molecule has 0 unspecified atom stereocenters. The van der Waals surface area contributed by atoms with E-state index in [1.54, 1.807) is 19.2 Å². The number of unbranched alkanes of at least 4 members (excludes halogenated alkanes) is 1. The fraction of sp³-hybridized carbons (Fsp3) is 0.318. The normalized spacial score (nSPS) is 9.92. The molecule has 2 rings (SSSR count). The van der Waals surface area contributed by atoms with Gasteiger partial charge in [0.2, 0.25) is 0 Å². The third-order valence-corrected chi connectivity index (χ3v) is 3.61. The average molecular weight is 352 g/mol. The smallest absolute Gasteiger partial charge is 0.338 e. The molecular weight excluding hydrogens is 328 g/mol. The maximum absolute atomic E-state index is 11.8. The molecule has 2 aromatic rings. The van der Waals surface area contributed by atoms with Crippen LogP contribution in [0, 0.1) is 11.8 Å². The molecule has 2 aromatic carbocycles. The maximum atomic E-state index is 11.8. The van der Waals surface area contributed by atoms with Gasteiger partial charge in [-0.05, 0) is 55.0 Å². The van der Waals surface area contributed by atoms with Crippen LogP contribution in [-0.4, -0.2) is 32.9 Å². The Kier molecular flexibility index (Phi) is 8.25. The van der Waals surface area contributed by atoms with Gasteiger partial charge in [0, 0.05) is 18.2 Å². The molecule has 26 heavy (non-hydrogen) atoms. The predicted octanol–water partition coefficient (Wildman–Crippen LogP) is 4.07. The molecule has 0 saturated heterocycles. The Labute approximate surface area is 155 Å². The minimum absolute atomic E-state index is 0.245. The van der Waals surface area contributed by atoms with Gasteiger partial charge >= 0.3 is 5.97 Å². The summed E-state index contributed by atoms with van der Waals surface area (Å²) < 4.78 is 15.6. The lowest BCUT2D eigenvalue weighted by Crippen LogP contribution is -2.09. The molecule has 0 heterocycles. The van der Waals surface area contributed by atoms with E-state index in [1.807, 2.05) is 36.4 Å². The fourth-order valence-electron chi connectivity index (χ4n) is 2.10. The van der Waals surface area contributed by atoms with E-state index in [2.05, 4.69) is 18.8 Å². The standard InChI is InChI=1S/C22H24O4/c1-3-4-15-25-21-13-9-19(10-14-21)6-5-18-7-11-20(12-8-18)22(23)26-17-16-24-2/h7-14H,3-4,15-17H2,1-2H3. The van der Waals surface area contributed by atoms with Gasteiger partial charge in [0.05, 0.1) is 18.8 Å².